The number of aromatic nitrogens is 2. The van der Waals surface area contributed by atoms with Gasteiger partial charge >= 0.3 is 0 Å². The molecule has 8 heavy (non-hydrogen) atoms. The third-order valence-corrected chi connectivity index (χ3v) is 0.721. The monoisotopic (exact) mass is 110 g/mol. The number of nitrogens with one attached hydrogen (secondary N) is 1. The minimum Gasteiger partial charge on any atom is -0.285 e. The lowest BCUT2D eigenvalue weighted by molar-refractivity contribution is 0.211. The van der Waals surface area contributed by atoms with Crippen LogP contribution in [0.15, 0.2) is 17.5 Å². The highest BCUT2D eigenvalue weighted by Gasteiger charge is 1.83. The lowest BCUT2D eigenvalue weighted by Gasteiger charge is -1.68. The van der Waals surface area contributed by atoms with Gasteiger partial charge in [0.15, 0.2) is 0 Å². The number of hydrogen-bond acceptors (Lipinski definition) is 2. The smallest absolute Gasteiger partial charge is 0.0818 e. The van der Waals surface area contributed by atoms with Crippen LogP contribution in [0.4, 0.5) is 0 Å². The Bertz CT molecular complexity index is 167. The number of nitrogens with zero attached hydrogens (tertiary/aromatic N) is 2. The maximum Gasteiger partial charge on any atom is 0.0818 e. The third kappa shape index (κ3) is 0.841. The van der Waals surface area contributed by atoms with Gasteiger partial charge in [0.25, 0.3) is 0 Å². The van der Waals surface area contributed by atoms with E-state index in [1.807, 2.05) is 0 Å². The fourth-order valence-corrected chi connectivity index (χ4v) is 0.392. The van der Waals surface area contributed by atoms with Crippen molar-refractivity contribution in [2.24, 2.45) is 5.16 Å². The van der Waals surface area contributed by atoms with Gasteiger partial charge in [-0.2, -0.15) is 5.10 Å². The van der Waals surface area contributed by atoms with Gasteiger partial charge in [0.2, 0.25) is 0 Å². The van der Waals surface area contributed by atoms with E-state index in [9.17, 15) is 5.21 Å². The summed E-state index contributed by atoms with van der Waals surface area (Å²) in [6.45, 7) is 0. The molecule has 0 amide bonds. The Kier molecular flexibility index (Phi) is 1.27. The topological polar surface area (TPSA) is 60.9 Å². The Morgan fingerprint density at radius 3 is 3.25 bits per heavy atom. The molecule has 1 radical (unpaired) electrons. The molecule has 1 rings (SSSR count). The fourth-order valence-electron chi connectivity index (χ4n) is 0.392. The van der Waals surface area contributed by atoms with Crippen LogP contribution in [0.3, 0.4) is 0 Å². The van der Waals surface area contributed by atoms with Gasteiger partial charge < -0.3 is 0 Å². The van der Waals surface area contributed by atoms with Gasteiger partial charge in [-0.1, -0.05) is 0 Å². The predicted octanol–water partition coefficient (Wildman–Crippen LogP) is 0.174. The Balaban J connectivity index is 2.77. The molecule has 0 aromatic carbocycles. The van der Waals surface area contributed by atoms with Crippen LogP contribution in [0.5, 0.6) is 0 Å². The molecule has 0 atom stereocenters. The largest absolute Gasteiger partial charge is 0.285 e. The summed E-state index contributed by atoms with van der Waals surface area (Å²) in [5.74, 6) is 0. The quantitative estimate of drug-likeness (QED) is 0.406. The first-order valence-corrected chi connectivity index (χ1v) is 2.08. The van der Waals surface area contributed by atoms with Gasteiger partial charge in [-0.3, -0.25) is 5.10 Å². The van der Waals surface area contributed by atoms with Gasteiger partial charge in [0.1, 0.15) is 0 Å². The Morgan fingerprint density at radius 2 is 2.75 bits per heavy atom. The average molecular weight is 110 g/mol. The van der Waals surface area contributed by atoms with Crippen molar-refractivity contribution in [3.05, 3.63) is 18.0 Å². The highest BCUT2D eigenvalue weighted by Crippen LogP contribution is 1.85. The zero-order chi connectivity index (χ0) is 5.82. The zero-order valence-corrected chi connectivity index (χ0v) is 4.03. The van der Waals surface area contributed by atoms with Crippen LogP contribution in [0.25, 0.3) is 0 Å². The zero-order valence-electron chi connectivity index (χ0n) is 4.03. The van der Waals surface area contributed by atoms with Gasteiger partial charge in [0.05, 0.1) is 12.4 Å². The van der Waals surface area contributed by atoms with E-state index in [4.69, 9.17) is 0 Å². The van der Waals surface area contributed by atoms with Gasteiger partial charge in [0, 0.05) is 11.8 Å². The van der Waals surface area contributed by atoms with Crippen LogP contribution in [0, 0.1) is 0 Å². The molecule has 0 aliphatic rings. The maximum absolute atomic E-state index is 9.52. The first-order valence-electron chi connectivity index (χ1n) is 2.08. The molecule has 41 valence electrons. The van der Waals surface area contributed by atoms with Crippen LogP contribution >= 0.6 is 0 Å². The fraction of sp³-hybridized carbons (Fsp3) is 0. The van der Waals surface area contributed by atoms with Crippen molar-refractivity contribution in [1.29, 1.82) is 0 Å². The van der Waals surface area contributed by atoms with Crippen molar-refractivity contribution >= 4 is 6.21 Å². The van der Waals surface area contributed by atoms with Crippen molar-refractivity contribution in [3.63, 3.8) is 0 Å². The van der Waals surface area contributed by atoms with E-state index >= 15 is 0 Å². The normalized spacial score (nSPS) is 10.5. The molecule has 0 fully saturated rings. The summed E-state index contributed by atoms with van der Waals surface area (Å²) in [6.07, 6.45) is 4.28. The van der Waals surface area contributed by atoms with Crippen LogP contribution in [0.1, 0.15) is 5.56 Å². The van der Waals surface area contributed by atoms with Gasteiger partial charge in [-0.15, -0.1) is 5.21 Å². The molecule has 0 aliphatic heterocycles. The molecule has 0 saturated carbocycles. The van der Waals surface area contributed by atoms with Crippen molar-refractivity contribution in [2.75, 3.05) is 0 Å². The van der Waals surface area contributed by atoms with Crippen LogP contribution in [0.2, 0.25) is 0 Å². The molecule has 0 saturated heterocycles. The van der Waals surface area contributed by atoms with Gasteiger partial charge in [-0.25, -0.2) is 0 Å². The molecule has 1 heterocycles. The van der Waals surface area contributed by atoms with Crippen LogP contribution in [-0.2, 0) is 5.21 Å². The summed E-state index contributed by atoms with van der Waals surface area (Å²) in [5.41, 5.74) is 0.694. The lowest BCUT2D eigenvalue weighted by atomic mass is 10.4. The number of rotatable bonds is 1. The van der Waals surface area contributed by atoms with E-state index < -0.39 is 0 Å². The van der Waals surface area contributed by atoms with Crippen molar-refractivity contribution in [1.82, 2.24) is 10.2 Å². The predicted molar refractivity (Wildman–Crippen MR) is 26.9 cm³/mol. The molecule has 4 heteroatoms. The second-order valence-corrected chi connectivity index (χ2v) is 1.27. The summed E-state index contributed by atoms with van der Waals surface area (Å²) < 4.78 is 0. The summed E-state index contributed by atoms with van der Waals surface area (Å²) in [4.78, 5) is 0. The molecular formula is C4H4N3O. The third-order valence-electron chi connectivity index (χ3n) is 0.721. The second kappa shape index (κ2) is 2.11. The Hall–Kier alpha value is -1.32. The lowest BCUT2D eigenvalue weighted by Crippen LogP contribution is -1.70. The summed E-state index contributed by atoms with van der Waals surface area (Å²) >= 11 is 0. The Labute approximate surface area is 45.8 Å². The molecule has 1 aromatic rings. The maximum atomic E-state index is 9.52. The molecular weight excluding hydrogens is 106 g/mol. The number of H-pyrrole nitrogens is 1. The van der Waals surface area contributed by atoms with E-state index in [0.29, 0.717) is 5.56 Å². The minimum atomic E-state index is 0.694. The second-order valence-electron chi connectivity index (χ2n) is 1.27. The van der Waals surface area contributed by atoms with E-state index in [1.165, 1.54) is 12.4 Å². The number of hydrogen-bond donors (Lipinski definition) is 1. The molecule has 0 aliphatic carbocycles. The SMILES string of the molecule is [O]N=Cc1cn[nH]c1. The summed E-state index contributed by atoms with van der Waals surface area (Å²) in [5, 5.41) is 18.2. The average Bonchev–Trinajstić information content (AvgIpc) is 2.19. The van der Waals surface area contributed by atoms with Crippen molar-refractivity contribution in [3.8, 4) is 0 Å². The highest BCUT2D eigenvalue weighted by atomic mass is 16.4. The minimum absolute atomic E-state index is 0.694. The van der Waals surface area contributed by atoms with Crippen molar-refractivity contribution in [2.45, 2.75) is 0 Å². The molecule has 0 bridgehead atoms. The molecule has 1 aromatic heterocycles. The first kappa shape index (κ1) is 4.83. The van der Waals surface area contributed by atoms with E-state index in [-0.39, 0.29) is 0 Å². The Morgan fingerprint density at radius 1 is 1.88 bits per heavy atom. The van der Waals surface area contributed by atoms with Crippen LogP contribution < -0.4 is 0 Å². The molecule has 1 N–H and O–H groups in total. The molecule has 0 unspecified atom stereocenters. The van der Waals surface area contributed by atoms with Crippen LogP contribution in [-0.4, -0.2) is 16.4 Å². The number of aromatic amines is 1. The summed E-state index contributed by atoms with van der Waals surface area (Å²) in [6, 6.07) is 0. The van der Waals surface area contributed by atoms with E-state index in [1.54, 1.807) is 6.20 Å². The summed E-state index contributed by atoms with van der Waals surface area (Å²) in [7, 11) is 0. The van der Waals surface area contributed by atoms with Gasteiger partial charge in [-0.05, 0) is 5.16 Å². The standard InChI is InChI=1S/C4H4N3O/c8-7-3-4-1-5-6-2-4/h1-3H,(H,5,6). The van der Waals surface area contributed by atoms with Crippen molar-refractivity contribution < 1.29 is 5.21 Å². The molecule has 4 nitrogen and oxygen atoms in total. The molecule has 0 spiro atoms. The first-order chi connectivity index (χ1) is 3.93. The highest BCUT2D eigenvalue weighted by molar-refractivity contribution is 5.77. The van der Waals surface area contributed by atoms with E-state index in [0.717, 1.165) is 0 Å². The van der Waals surface area contributed by atoms with E-state index in [2.05, 4.69) is 15.4 Å².